The molecule has 0 spiro atoms. The molecule has 1 atom stereocenters. The molecule has 1 unspecified atom stereocenters. The number of pyridine rings is 1. The number of aliphatic carboxylic acids is 1. The van der Waals surface area contributed by atoms with Gasteiger partial charge in [-0.1, -0.05) is 60.7 Å². The molecule has 3 aromatic rings. The maximum absolute atomic E-state index is 12.4. The van der Waals surface area contributed by atoms with Crippen LogP contribution >= 0.6 is 0 Å². The summed E-state index contributed by atoms with van der Waals surface area (Å²) in [6.07, 6.45) is 1.79. The molecule has 1 aromatic heterocycles. The highest BCUT2D eigenvalue weighted by Crippen LogP contribution is 2.23. The van der Waals surface area contributed by atoms with E-state index < -0.39 is 12.0 Å². The van der Waals surface area contributed by atoms with Crippen molar-refractivity contribution in [1.82, 2.24) is 4.98 Å². The molecule has 3 N–H and O–H groups in total. The van der Waals surface area contributed by atoms with Crippen molar-refractivity contribution in [2.24, 2.45) is 0 Å². The number of carbonyl (C=O) groups excluding carboxylic acids is 1. The van der Waals surface area contributed by atoms with Gasteiger partial charge < -0.3 is 20.5 Å². The van der Waals surface area contributed by atoms with Gasteiger partial charge in [0, 0.05) is 28.2 Å². The second-order valence-electron chi connectivity index (χ2n) is 8.60. The van der Waals surface area contributed by atoms with Crippen LogP contribution in [0.4, 0.5) is 11.5 Å². The summed E-state index contributed by atoms with van der Waals surface area (Å²) in [5, 5.41) is 17.6. The molecular weight excluding hydrogens is 466 g/mol. The highest BCUT2D eigenvalue weighted by Gasteiger charge is 2.16. The van der Waals surface area contributed by atoms with Gasteiger partial charge in [0.1, 0.15) is 24.2 Å². The van der Waals surface area contributed by atoms with Crippen molar-refractivity contribution in [3.63, 3.8) is 0 Å². The van der Waals surface area contributed by atoms with Crippen LogP contribution in [0.1, 0.15) is 28.4 Å². The number of hydrogen-bond acceptors (Lipinski definition) is 6. The molecule has 7 heteroatoms. The Morgan fingerprint density at radius 1 is 0.973 bits per heavy atom. The van der Waals surface area contributed by atoms with E-state index in [2.05, 4.69) is 33.8 Å². The SMILES string of the molecule is CC(Nc1ccccc1C(=O)c1ccccc1)C(=O)O.Cc1cccnc1NCCOc1cc2ccc1=2. The van der Waals surface area contributed by atoms with Gasteiger partial charge in [-0.25, -0.2) is 4.98 Å². The van der Waals surface area contributed by atoms with Crippen molar-refractivity contribution in [2.75, 3.05) is 23.8 Å². The number of carboxylic acids is 1. The molecule has 1 heterocycles. The fourth-order valence-electron chi connectivity index (χ4n) is 3.72. The summed E-state index contributed by atoms with van der Waals surface area (Å²) in [5.41, 5.74) is 2.72. The topological polar surface area (TPSA) is 101 Å². The zero-order chi connectivity index (χ0) is 26.2. The van der Waals surface area contributed by atoms with Crippen molar-refractivity contribution in [3.8, 4) is 5.75 Å². The second-order valence-corrected chi connectivity index (χ2v) is 8.60. The molecule has 2 aliphatic carbocycles. The van der Waals surface area contributed by atoms with Crippen molar-refractivity contribution in [3.05, 3.63) is 118 Å². The maximum atomic E-state index is 12.4. The van der Waals surface area contributed by atoms with Crippen LogP contribution in [-0.4, -0.2) is 41.0 Å². The molecule has 7 nitrogen and oxygen atoms in total. The number of nitrogens with zero attached hydrogens (tertiary/aromatic N) is 1. The van der Waals surface area contributed by atoms with Gasteiger partial charge in [0.15, 0.2) is 5.78 Å². The fourth-order valence-corrected chi connectivity index (χ4v) is 3.72. The number of ketones is 1. The lowest BCUT2D eigenvalue weighted by atomic mass is 10.0. The number of hydrogen-bond donors (Lipinski definition) is 3. The second kappa shape index (κ2) is 11.9. The average Bonchev–Trinajstić information content (AvgIpc) is 2.90. The summed E-state index contributed by atoms with van der Waals surface area (Å²) in [4.78, 5) is 27.6. The van der Waals surface area contributed by atoms with Gasteiger partial charge >= 0.3 is 5.97 Å². The molecule has 2 aliphatic rings. The third kappa shape index (κ3) is 6.32. The molecule has 0 saturated heterocycles. The Balaban J connectivity index is 0.000000175. The average molecular weight is 496 g/mol. The van der Waals surface area contributed by atoms with E-state index in [1.807, 2.05) is 25.1 Å². The lowest BCUT2D eigenvalue weighted by Gasteiger charge is -2.14. The zero-order valence-corrected chi connectivity index (χ0v) is 20.8. The molecular formula is C30H29N3O4. The molecule has 0 radical (unpaired) electrons. The summed E-state index contributed by atoms with van der Waals surface area (Å²) in [6, 6.07) is 25.3. The lowest BCUT2D eigenvalue weighted by molar-refractivity contribution is -0.137. The third-order valence-corrected chi connectivity index (χ3v) is 5.90. The van der Waals surface area contributed by atoms with Crippen molar-refractivity contribution >= 4 is 23.3 Å². The molecule has 0 amide bonds. The molecule has 0 aliphatic heterocycles. The number of para-hydroxylation sites is 1. The molecule has 188 valence electrons. The van der Waals surface area contributed by atoms with Crippen LogP contribution in [0.3, 0.4) is 0 Å². The first kappa shape index (κ1) is 25.4. The van der Waals surface area contributed by atoms with E-state index in [9.17, 15) is 9.59 Å². The van der Waals surface area contributed by atoms with Gasteiger partial charge in [0.05, 0.1) is 6.54 Å². The van der Waals surface area contributed by atoms with E-state index in [0.29, 0.717) is 23.4 Å². The number of ether oxygens (including phenoxy) is 1. The number of rotatable bonds is 10. The largest absolute Gasteiger partial charge is 0.491 e. The maximum Gasteiger partial charge on any atom is 0.325 e. The molecule has 5 rings (SSSR count). The van der Waals surface area contributed by atoms with Crippen LogP contribution in [0.15, 0.2) is 91.1 Å². The van der Waals surface area contributed by atoms with Crippen molar-refractivity contribution < 1.29 is 19.4 Å². The standard InChI is InChI=1S/C16H15NO3.C14H14N2O/c1-11(16(19)20)17-14-10-6-5-9-13(14)15(18)12-7-3-2-4-8-12;1-10-3-2-6-15-14(10)16-7-8-17-13-9-11-4-5-12(11)13/h2-11,17H,1H3,(H,19,20);2-6,9H,7-8H2,1H3,(H,15,16). The first-order chi connectivity index (χ1) is 17.9. The van der Waals surface area contributed by atoms with Crippen molar-refractivity contribution in [1.29, 1.82) is 0 Å². The van der Waals surface area contributed by atoms with E-state index in [4.69, 9.17) is 9.84 Å². The van der Waals surface area contributed by atoms with Crippen LogP contribution < -0.4 is 15.4 Å². The van der Waals surface area contributed by atoms with Crippen LogP contribution in [0.5, 0.6) is 5.75 Å². The smallest absolute Gasteiger partial charge is 0.325 e. The minimum absolute atomic E-state index is 0.133. The quantitative estimate of drug-likeness (QED) is 0.179. The number of benzene rings is 3. The highest BCUT2D eigenvalue weighted by molar-refractivity contribution is 6.12. The minimum atomic E-state index is -0.966. The van der Waals surface area contributed by atoms with E-state index in [1.54, 1.807) is 54.7 Å². The van der Waals surface area contributed by atoms with E-state index >= 15 is 0 Å². The number of anilines is 2. The molecule has 0 saturated carbocycles. The first-order valence-corrected chi connectivity index (χ1v) is 12.0. The van der Waals surface area contributed by atoms with Gasteiger partial charge in [-0.15, -0.1) is 0 Å². The Hall–Kier alpha value is -4.65. The Bertz CT molecular complexity index is 1490. The Labute approximate surface area is 215 Å². The normalized spacial score (nSPS) is 11.4. The van der Waals surface area contributed by atoms with E-state index in [0.717, 1.165) is 23.7 Å². The van der Waals surface area contributed by atoms with Gasteiger partial charge in [-0.2, -0.15) is 0 Å². The van der Waals surface area contributed by atoms with Crippen LogP contribution in [0.2, 0.25) is 0 Å². The predicted molar refractivity (Wildman–Crippen MR) is 144 cm³/mol. The van der Waals surface area contributed by atoms with Crippen LogP contribution in [-0.2, 0) is 4.79 Å². The Kier molecular flexibility index (Phi) is 8.15. The van der Waals surface area contributed by atoms with Gasteiger partial charge in [-0.3, -0.25) is 9.59 Å². The van der Waals surface area contributed by atoms with E-state index in [-0.39, 0.29) is 5.78 Å². The molecule has 0 fully saturated rings. The summed E-state index contributed by atoms with van der Waals surface area (Å²) in [6.45, 7) is 5.00. The number of carbonyl (C=O) groups is 2. The Morgan fingerprint density at radius 3 is 2.38 bits per heavy atom. The van der Waals surface area contributed by atoms with Crippen molar-refractivity contribution in [2.45, 2.75) is 19.9 Å². The third-order valence-electron chi connectivity index (χ3n) is 5.90. The summed E-state index contributed by atoms with van der Waals surface area (Å²) in [5.74, 6) is 0.849. The summed E-state index contributed by atoms with van der Waals surface area (Å²) in [7, 11) is 0. The predicted octanol–water partition coefficient (Wildman–Crippen LogP) is 5.28. The molecule has 0 bridgehead atoms. The fraction of sp³-hybridized carbons (Fsp3) is 0.167. The van der Waals surface area contributed by atoms with Crippen LogP contribution in [0, 0.1) is 17.4 Å². The zero-order valence-electron chi connectivity index (χ0n) is 20.8. The van der Waals surface area contributed by atoms with Gasteiger partial charge in [0.2, 0.25) is 0 Å². The van der Waals surface area contributed by atoms with Crippen LogP contribution in [0.25, 0.3) is 0 Å². The van der Waals surface area contributed by atoms with Gasteiger partial charge in [-0.05, 0) is 48.9 Å². The molecule has 37 heavy (non-hydrogen) atoms. The first-order valence-electron chi connectivity index (χ1n) is 12.0. The lowest BCUT2D eigenvalue weighted by Crippen LogP contribution is -2.26. The molecule has 2 aromatic carbocycles. The highest BCUT2D eigenvalue weighted by atomic mass is 16.5. The summed E-state index contributed by atoms with van der Waals surface area (Å²) >= 11 is 0. The van der Waals surface area contributed by atoms with Gasteiger partial charge in [0.25, 0.3) is 0 Å². The minimum Gasteiger partial charge on any atom is -0.491 e. The Morgan fingerprint density at radius 2 is 1.73 bits per heavy atom. The number of aryl methyl sites for hydroxylation is 1. The number of aromatic nitrogens is 1. The number of carboxylic acid groups (broad SMARTS) is 1. The number of nitrogens with one attached hydrogen (secondary N) is 2. The summed E-state index contributed by atoms with van der Waals surface area (Å²) < 4.78 is 5.64. The van der Waals surface area contributed by atoms with E-state index in [1.165, 1.54) is 17.4 Å². The monoisotopic (exact) mass is 495 g/mol.